The number of benzene rings is 3. The topological polar surface area (TPSA) is 76.8 Å². The highest BCUT2D eigenvalue weighted by Gasteiger charge is 2.42. The van der Waals surface area contributed by atoms with Crippen LogP contribution in [0, 0.1) is 5.41 Å². The van der Waals surface area contributed by atoms with Gasteiger partial charge in [0.25, 0.3) is 0 Å². The van der Waals surface area contributed by atoms with E-state index >= 15 is 0 Å². The molecule has 1 fully saturated rings. The molecule has 0 radical (unpaired) electrons. The molecule has 1 N–H and O–H groups in total. The Bertz CT molecular complexity index is 1260. The highest BCUT2D eigenvalue weighted by Crippen LogP contribution is 2.37. The summed E-state index contributed by atoms with van der Waals surface area (Å²) < 4.78 is 0.871. The fourth-order valence-corrected chi connectivity index (χ4v) is 5.43. The number of hydrazone groups is 1. The van der Waals surface area contributed by atoms with Crippen LogP contribution >= 0.6 is 27.7 Å². The molecule has 3 aromatic carbocycles. The van der Waals surface area contributed by atoms with Gasteiger partial charge in [-0.05, 0) is 35.4 Å². The van der Waals surface area contributed by atoms with Gasteiger partial charge in [0, 0.05) is 17.3 Å². The van der Waals surface area contributed by atoms with Crippen LogP contribution in [-0.2, 0) is 9.59 Å². The molecule has 8 heteroatoms. The van der Waals surface area contributed by atoms with E-state index in [0.717, 1.165) is 33.1 Å². The molecule has 0 spiro atoms. The van der Waals surface area contributed by atoms with Crippen molar-refractivity contribution in [2.45, 2.75) is 24.1 Å². The molecule has 2 unspecified atom stereocenters. The zero-order valence-electron chi connectivity index (χ0n) is 18.1. The number of imide groups is 1. The molecule has 0 aliphatic carbocycles. The predicted octanol–water partition coefficient (Wildman–Crippen LogP) is 5.60. The molecular weight excluding hydrogens is 512 g/mol. The molecule has 6 nitrogen and oxygen atoms in total. The summed E-state index contributed by atoms with van der Waals surface area (Å²) in [6.07, 6.45) is 0.709. The number of hydrogen-bond donors (Lipinski definition) is 1. The van der Waals surface area contributed by atoms with Gasteiger partial charge in [-0.1, -0.05) is 88.4 Å². The number of nitrogens with one attached hydrogen (secondary N) is 1. The largest absolute Gasteiger partial charge is 0.277 e. The lowest BCUT2D eigenvalue weighted by molar-refractivity contribution is -0.121. The highest BCUT2D eigenvalue weighted by atomic mass is 79.9. The number of anilines is 1. The molecular formula is C26H21BrN4O2S. The van der Waals surface area contributed by atoms with Gasteiger partial charge in [0.15, 0.2) is 5.17 Å². The minimum Gasteiger partial charge on any atom is -0.277 e. The number of carbonyl (C=O) groups excluding carboxylic acids is 2. The Labute approximate surface area is 210 Å². The van der Waals surface area contributed by atoms with Crippen LogP contribution < -0.4 is 4.90 Å². The molecule has 2 atom stereocenters. The molecule has 2 aliphatic heterocycles. The number of hydrogen-bond acceptors (Lipinski definition) is 5. The van der Waals surface area contributed by atoms with Gasteiger partial charge in [0.1, 0.15) is 5.25 Å². The van der Waals surface area contributed by atoms with Crippen LogP contribution in [0.15, 0.2) is 94.5 Å². The highest BCUT2D eigenvalue weighted by molar-refractivity contribution is 9.10. The average Bonchev–Trinajstić information content (AvgIpc) is 3.42. The quantitative estimate of drug-likeness (QED) is 0.269. The Balaban J connectivity index is 1.38. The molecule has 0 saturated carbocycles. The maximum absolute atomic E-state index is 13.1. The van der Waals surface area contributed by atoms with Crippen molar-refractivity contribution in [2.24, 2.45) is 5.10 Å². The molecule has 2 heterocycles. The van der Waals surface area contributed by atoms with Crippen molar-refractivity contribution in [1.82, 2.24) is 5.01 Å². The SMILES string of the molecule is N=C(SC1CC(=O)N(c2ccc(Br)cc2)C1=O)N1N=C(c2ccccc2)CC1c1ccccc1. The summed E-state index contributed by atoms with van der Waals surface area (Å²) in [5, 5.41) is 14.8. The third-order valence-electron chi connectivity index (χ3n) is 5.85. The molecule has 2 amide bonds. The first-order chi connectivity index (χ1) is 16.5. The van der Waals surface area contributed by atoms with Gasteiger partial charge in [-0.25, -0.2) is 9.91 Å². The predicted molar refractivity (Wildman–Crippen MR) is 139 cm³/mol. The zero-order chi connectivity index (χ0) is 23.7. The molecule has 34 heavy (non-hydrogen) atoms. The van der Waals surface area contributed by atoms with Crippen LogP contribution in [0.5, 0.6) is 0 Å². The van der Waals surface area contributed by atoms with E-state index in [-0.39, 0.29) is 29.4 Å². The fraction of sp³-hybridized carbons (Fsp3) is 0.154. The first kappa shape index (κ1) is 22.6. The molecule has 5 rings (SSSR count). The van der Waals surface area contributed by atoms with Crippen LogP contribution in [0.25, 0.3) is 0 Å². The van der Waals surface area contributed by atoms with E-state index < -0.39 is 5.25 Å². The molecule has 0 bridgehead atoms. The van der Waals surface area contributed by atoms with Crippen molar-refractivity contribution in [3.8, 4) is 0 Å². The number of nitrogens with zero attached hydrogens (tertiary/aromatic N) is 3. The number of halogens is 1. The van der Waals surface area contributed by atoms with Gasteiger partial charge in [-0.15, -0.1) is 0 Å². The van der Waals surface area contributed by atoms with Crippen molar-refractivity contribution in [2.75, 3.05) is 4.90 Å². The minimum atomic E-state index is -0.656. The van der Waals surface area contributed by atoms with E-state index in [1.165, 1.54) is 4.90 Å². The van der Waals surface area contributed by atoms with Gasteiger partial charge in [0.05, 0.1) is 17.4 Å². The first-order valence-corrected chi connectivity index (χ1v) is 12.5. The average molecular weight is 533 g/mol. The monoisotopic (exact) mass is 532 g/mol. The molecule has 1 saturated heterocycles. The van der Waals surface area contributed by atoms with E-state index in [0.29, 0.717) is 12.1 Å². The second kappa shape index (κ2) is 9.56. The van der Waals surface area contributed by atoms with Crippen LogP contribution in [0.3, 0.4) is 0 Å². The lowest BCUT2D eigenvalue weighted by Gasteiger charge is -2.24. The number of thioether (sulfide) groups is 1. The standard InChI is InChI=1S/C26H21BrN4O2S/c27-19-11-13-20(14-12-19)30-24(32)16-23(25(30)33)34-26(28)31-22(18-9-5-2-6-10-18)15-21(29-31)17-7-3-1-4-8-17/h1-14,22-23,28H,15-16H2. The van der Waals surface area contributed by atoms with Crippen LogP contribution in [-0.4, -0.2) is 33.0 Å². The summed E-state index contributed by atoms with van der Waals surface area (Å²) in [7, 11) is 0. The van der Waals surface area contributed by atoms with Crippen LogP contribution in [0.1, 0.15) is 30.0 Å². The zero-order valence-corrected chi connectivity index (χ0v) is 20.5. The second-order valence-electron chi connectivity index (χ2n) is 8.05. The maximum atomic E-state index is 13.1. The number of amidine groups is 1. The van der Waals surface area contributed by atoms with E-state index in [4.69, 9.17) is 10.5 Å². The normalized spacial score (nSPS) is 20.1. The molecule has 0 aromatic heterocycles. The first-order valence-electron chi connectivity index (χ1n) is 10.9. The van der Waals surface area contributed by atoms with Gasteiger partial charge in [-0.3, -0.25) is 15.0 Å². The molecule has 3 aromatic rings. The molecule has 2 aliphatic rings. The summed E-state index contributed by atoms with van der Waals surface area (Å²) in [5.41, 5.74) is 3.50. The van der Waals surface area contributed by atoms with Crippen molar-refractivity contribution in [3.63, 3.8) is 0 Å². The van der Waals surface area contributed by atoms with Crippen molar-refractivity contribution >= 4 is 56.1 Å². The summed E-state index contributed by atoms with van der Waals surface area (Å²) in [5.74, 6) is -0.558. The lowest BCUT2D eigenvalue weighted by atomic mass is 9.99. The Kier molecular flexibility index (Phi) is 6.34. The fourth-order valence-electron chi connectivity index (χ4n) is 4.18. The van der Waals surface area contributed by atoms with Gasteiger partial charge < -0.3 is 0 Å². The Morgan fingerprint density at radius 1 is 0.912 bits per heavy atom. The van der Waals surface area contributed by atoms with Crippen LogP contribution in [0.2, 0.25) is 0 Å². The molecule has 170 valence electrons. The second-order valence-corrected chi connectivity index (χ2v) is 10.2. The van der Waals surface area contributed by atoms with Crippen molar-refractivity contribution < 1.29 is 9.59 Å². The Morgan fingerprint density at radius 3 is 2.24 bits per heavy atom. The smallest absolute Gasteiger partial charge is 0.247 e. The lowest BCUT2D eigenvalue weighted by Crippen LogP contribution is -2.32. The number of rotatable bonds is 4. The van der Waals surface area contributed by atoms with Crippen molar-refractivity contribution in [1.29, 1.82) is 5.41 Å². The number of amides is 2. The van der Waals surface area contributed by atoms with Gasteiger partial charge in [-0.2, -0.15) is 5.10 Å². The maximum Gasteiger partial charge on any atom is 0.247 e. The van der Waals surface area contributed by atoms with E-state index in [9.17, 15) is 9.59 Å². The van der Waals surface area contributed by atoms with Crippen LogP contribution in [0.4, 0.5) is 5.69 Å². The summed E-state index contributed by atoms with van der Waals surface area (Å²) in [4.78, 5) is 27.0. The summed E-state index contributed by atoms with van der Waals surface area (Å²) in [6, 6.07) is 26.8. The van der Waals surface area contributed by atoms with Gasteiger partial charge in [0.2, 0.25) is 11.8 Å². The minimum absolute atomic E-state index is 0.0566. The third-order valence-corrected chi connectivity index (χ3v) is 7.45. The van der Waals surface area contributed by atoms with E-state index in [1.54, 1.807) is 29.3 Å². The summed E-state index contributed by atoms with van der Waals surface area (Å²) in [6.45, 7) is 0. The van der Waals surface area contributed by atoms with Crippen molar-refractivity contribution in [3.05, 3.63) is 101 Å². The summed E-state index contributed by atoms with van der Waals surface area (Å²) >= 11 is 4.47. The number of carbonyl (C=O) groups is 2. The third kappa shape index (κ3) is 4.43. The Hall–Kier alpha value is -3.23. The van der Waals surface area contributed by atoms with Gasteiger partial charge >= 0.3 is 0 Å². The van der Waals surface area contributed by atoms with E-state index in [2.05, 4.69) is 15.9 Å². The Morgan fingerprint density at radius 2 is 1.56 bits per heavy atom. The van der Waals surface area contributed by atoms with E-state index in [1.807, 2.05) is 60.7 Å².